The van der Waals surface area contributed by atoms with E-state index < -0.39 is 53.7 Å². The van der Waals surface area contributed by atoms with Crippen LogP contribution in [0.3, 0.4) is 0 Å². The summed E-state index contributed by atoms with van der Waals surface area (Å²) in [5, 5.41) is 9.30. The molecule has 1 aliphatic heterocycles. The van der Waals surface area contributed by atoms with Crippen molar-refractivity contribution in [3.8, 4) is 5.69 Å². The minimum Gasteiger partial charge on any atom is -0.463 e. The fraction of sp³-hybridized carbons (Fsp3) is 0.345. The molecule has 0 aliphatic carbocycles. The van der Waals surface area contributed by atoms with Crippen LogP contribution in [0.25, 0.3) is 22.4 Å². The zero-order chi connectivity index (χ0) is 31.5. The van der Waals surface area contributed by atoms with E-state index in [9.17, 15) is 24.0 Å². The summed E-state index contributed by atoms with van der Waals surface area (Å²) in [4.78, 5) is 61.8. The fourth-order valence-corrected chi connectivity index (χ4v) is 6.08. The highest BCUT2D eigenvalue weighted by Gasteiger charge is 2.53. The maximum absolute atomic E-state index is 13.6. The molecule has 0 bridgehead atoms. The molecule has 44 heavy (non-hydrogen) atoms. The third-order valence-corrected chi connectivity index (χ3v) is 7.67. The van der Waals surface area contributed by atoms with Gasteiger partial charge in [0, 0.05) is 27.7 Å². The highest BCUT2D eigenvalue weighted by atomic mass is 32.2. The van der Waals surface area contributed by atoms with Crippen LogP contribution in [0.5, 0.6) is 0 Å². The van der Waals surface area contributed by atoms with Gasteiger partial charge in [0.05, 0.1) is 16.6 Å². The first-order valence-corrected chi connectivity index (χ1v) is 14.3. The van der Waals surface area contributed by atoms with Gasteiger partial charge in [-0.25, -0.2) is 4.57 Å². The first-order chi connectivity index (χ1) is 21.0. The summed E-state index contributed by atoms with van der Waals surface area (Å²) in [6.45, 7) is 4.29. The fourth-order valence-electron chi connectivity index (χ4n) is 4.95. The van der Waals surface area contributed by atoms with Crippen molar-refractivity contribution in [2.24, 2.45) is 0 Å². The van der Waals surface area contributed by atoms with E-state index in [1.165, 1.54) is 11.5 Å². The van der Waals surface area contributed by atoms with Crippen LogP contribution in [0.1, 0.15) is 27.7 Å². The van der Waals surface area contributed by atoms with Crippen molar-refractivity contribution in [3.05, 3.63) is 65.0 Å². The summed E-state index contributed by atoms with van der Waals surface area (Å²) in [6.07, 6.45) is -5.07. The molecule has 3 heterocycles. The number of aromatic nitrogens is 4. The van der Waals surface area contributed by atoms with Crippen LogP contribution >= 0.6 is 11.8 Å². The number of carbonyl (C=O) groups excluding carboxylic acids is 4. The van der Waals surface area contributed by atoms with E-state index in [0.717, 1.165) is 32.5 Å². The standard InChI is InChI=1S/C29H28N4O10S/c1-15(34)39-14-22-23(40-16(2)35)24(41-17(3)36)25(42-18(4)37)27(43-22)44-29-31-30-28-32(19-10-6-5-7-11-19)26(38)20-12-8-9-13-21(20)33(28)29/h5-13,22-25,27H,14H2,1-4H3/t22-,23+,24+,25-,27+/m1/s1. The number of benzene rings is 2. The molecule has 15 heteroatoms. The van der Waals surface area contributed by atoms with Gasteiger partial charge in [-0.3, -0.25) is 28.4 Å². The number of hydrogen-bond acceptors (Lipinski definition) is 13. The van der Waals surface area contributed by atoms with Gasteiger partial charge >= 0.3 is 23.9 Å². The molecule has 4 aromatic rings. The Morgan fingerprint density at radius 3 is 2.07 bits per heavy atom. The topological polar surface area (TPSA) is 167 Å². The Bertz CT molecular complexity index is 1790. The number of fused-ring (bicyclic) bond motifs is 3. The predicted molar refractivity (Wildman–Crippen MR) is 154 cm³/mol. The monoisotopic (exact) mass is 624 g/mol. The van der Waals surface area contributed by atoms with Crippen LogP contribution in [0.2, 0.25) is 0 Å². The summed E-state index contributed by atoms with van der Waals surface area (Å²) >= 11 is 0.967. The van der Waals surface area contributed by atoms with Crippen molar-refractivity contribution in [3.63, 3.8) is 0 Å². The zero-order valence-corrected chi connectivity index (χ0v) is 24.9. The first kappa shape index (κ1) is 30.7. The number of nitrogens with zero attached hydrogens (tertiary/aromatic N) is 4. The Morgan fingerprint density at radius 1 is 0.795 bits per heavy atom. The lowest BCUT2D eigenvalue weighted by atomic mass is 9.99. The largest absolute Gasteiger partial charge is 0.463 e. The molecule has 1 fully saturated rings. The summed E-state index contributed by atoms with van der Waals surface area (Å²) in [5.41, 5.74) is -0.392. The van der Waals surface area contributed by atoms with E-state index >= 15 is 0 Å². The summed E-state index contributed by atoms with van der Waals surface area (Å²) < 4.78 is 31.1. The first-order valence-electron chi connectivity index (χ1n) is 13.5. The van der Waals surface area contributed by atoms with Crippen LogP contribution in [-0.4, -0.2) is 79.5 Å². The summed E-state index contributed by atoms with van der Waals surface area (Å²) in [7, 11) is 0. The van der Waals surface area contributed by atoms with E-state index in [-0.39, 0.29) is 23.1 Å². The molecular formula is C29H28N4O10S. The smallest absolute Gasteiger partial charge is 0.303 e. The molecule has 0 radical (unpaired) electrons. The SMILES string of the molecule is CC(=O)OC[C@H]1O[C@@H](Sc2nnc3n(-c4ccccc4)c(=O)c4ccccc4n23)[C@H](OC(C)=O)[C@@H](OC(C)=O)[C@H]1OC(C)=O. The molecular weight excluding hydrogens is 596 g/mol. The van der Waals surface area contributed by atoms with Gasteiger partial charge < -0.3 is 23.7 Å². The number of carbonyl (C=O) groups is 4. The van der Waals surface area contributed by atoms with Crippen LogP contribution in [0, 0.1) is 0 Å². The molecule has 2 aromatic carbocycles. The molecule has 5 rings (SSSR count). The van der Waals surface area contributed by atoms with Gasteiger partial charge in [0.1, 0.15) is 12.7 Å². The quantitative estimate of drug-likeness (QED) is 0.207. The molecule has 2 aromatic heterocycles. The molecule has 230 valence electrons. The minimum atomic E-state index is -1.34. The molecule has 0 N–H and O–H groups in total. The second-order valence-corrected chi connectivity index (χ2v) is 10.9. The van der Waals surface area contributed by atoms with E-state index in [4.69, 9.17) is 23.7 Å². The molecule has 1 aliphatic rings. The van der Waals surface area contributed by atoms with Gasteiger partial charge in [-0.1, -0.05) is 30.3 Å². The average molecular weight is 625 g/mol. The lowest BCUT2D eigenvalue weighted by Gasteiger charge is -2.43. The number of ether oxygens (including phenoxy) is 5. The Labute approximate surface area is 254 Å². The second-order valence-electron chi connectivity index (χ2n) is 9.80. The lowest BCUT2D eigenvalue weighted by Crippen LogP contribution is -2.61. The van der Waals surface area contributed by atoms with Crippen molar-refractivity contribution >= 4 is 52.3 Å². The Kier molecular flexibility index (Phi) is 8.96. The van der Waals surface area contributed by atoms with E-state index in [0.29, 0.717) is 16.6 Å². The van der Waals surface area contributed by atoms with Crippen LogP contribution in [0.15, 0.2) is 64.5 Å². The molecule has 0 saturated carbocycles. The average Bonchev–Trinajstić information content (AvgIpc) is 3.38. The number of para-hydroxylation sites is 2. The molecule has 5 atom stereocenters. The molecule has 0 amide bonds. The number of hydrogen-bond donors (Lipinski definition) is 0. The third-order valence-electron chi connectivity index (χ3n) is 6.58. The van der Waals surface area contributed by atoms with Crippen molar-refractivity contribution in [2.75, 3.05) is 6.61 Å². The van der Waals surface area contributed by atoms with Gasteiger partial charge in [0.25, 0.3) is 5.56 Å². The zero-order valence-electron chi connectivity index (χ0n) is 24.1. The van der Waals surface area contributed by atoms with Crippen molar-refractivity contribution in [2.45, 2.75) is 62.7 Å². The molecule has 1 saturated heterocycles. The maximum atomic E-state index is 13.6. The van der Waals surface area contributed by atoms with E-state index in [2.05, 4.69) is 10.2 Å². The van der Waals surface area contributed by atoms with Crippen molar-refractivity contribution in [1.29, 1.82) is 0 Å². The van der Waals surface area contributed by atoms with Gasteiger partial charge in [0.15, 0.2) is 28.9 Å². The lowest BCUT2D eigenvalue weighted by molar-refractivity contribution is -0.237. The van der Waals surface area contributed by atoms with Gasteiger partial charge in [-0.2, -0.15) is 0 Å². The summed E-state index contributed by atoms with van der Waals surface area (Å²) in [6, 6.07) is 15.8. The Morgan fingerprint density at radius 2 is 1.41 bits per heavy atom. The van der Waals surface area contributed by atoms with Gasteiger partial charge in [-0.15, -0.1) is 10.2 Å². The highest BCUT2D eigenvalue weighted by molar-refractivity contribution is 7.99. The second kappa shape index (κ2) is 12.9. The number of rotatable bonds is 8. The normalized spacial score (nSPS) is 21.5. The van der Waals surface area contributed by atoms with E-state index in [1.54, 1.807) is 52.9 Å². The number of esters is 4. The van der Waals surface area contributed by atoms with Crippen LogP contribution in [-0.2, 0) is 42.9 Å². The van der Waals surface area contributed by atoms with E-state index in [1.807, 2.05) is 6.07 Å². The van der Waals surface area contributed by atoms with Crippen molar-refractivity contribution in [1.82, 2.24) is 19.2 Å². The van der Waals surface area contributed by atoms with Crippen molar-refractivity contribution < 1.29 is 42.9 Å². The predicted octanol–water partition coefficient (Wildman–Crippen LogP) is 2.21. The Hall–Kier alpha value is -4.76. The number of thioether (sulfide) groups is 1. The third kappa shape index (κ3) is 6.28. The molecule has 0 spiro atoms. The maximum Gasteiger partial charge on any atom is 0.303 e. The molecule has 14 nitrogen and oxygen atoms in total. The summed E-state index contributed by atoms with van der Waals surface area (Å²) in [5.74, 6) is -2.62. The Balaban J connectivity index is 1.65. The minimum absolute atomic E-state index is 0.202. The van der Waals surface area contributed by atoms with Gasteiger partial charge in [-0.05, 0) is 36.0 Å². The highest BCUT2D eigenvalue weighted by Crippen LogP contribution is 2.38. The van der Waals surface area contributed by atoms with Crippen LogP contribution in [0.4, 0.5) is 0 Å². The van der Waals surface area contributed by atoms with Gasteiger partial charge in [0.2, 0.25) is 5.78 Å². The van der Waals surface area contributed by atoms with Crippen LogP contribution < -0.4 is 5.56 Å². The molecule has 0 unspecified atom stereocenters.